The summed E-state index contributed by atoms with van der Waals surface area (Å²) < 4.78 is 31.9. The lowest BCUT2D eigenvalue weighted by Gasteiger charge is -2.10. The summed E-state index contributed by atoms with van der Waals surface area (Å²) in [7, 11) is -4.02. The van der Waals surface area contributed by atoms with E-state index in [-0.39, 0.29) is 12.5 Å². The SMILES string of the molecule is CCCCCc1ccc(NS(=O)(=O)NC(=O)OCCCl)cc1. The minimum absolute atomic E-state index is 0.0602. The monoisotopic (exact) mass is 348 g/mol. The standard InChI is InChI=1S/C14H21ClN2O4S/c1-2-3-4-5-12-6-8-13(9-7-12)16-22(19,20)17-14(18)21-11-10-15/h6-9,16H,2-5,10-11H2,1H3,(H,17,18). The Kier molecular flexibility index (Phi) is 8.05. The second-order valence-corrected chi connectivity index (χ2v) is 6.48. The van der Waals surface area contributed by atoms with Gasteiger partial charge in [0.15, 0.2) is 0 Å². The van der Waals surface area contributed by atoms with Gasteiger partial charge >= 0.3 is 16.3 Å². The molecule has 0 spiro atoms. The highest BCUT2D eigenvalue weighted by atomic mass is 35.5. The van der Waals surface area contributed by atoms with E-state index in [1.807, 2.05) is 12.1 Å². The number of halogens is 1. The molecule has 0 atom stereocenters. The van der Waals surface area contributed by atoms with Crippen LogP contribution in [0.15, 0.2) is 24.3 Å². The highest BCUT2D eigenvalue weighted by Gasteiger charge is 2.15. The molecule has 0 saturated heterocycles. The number of carbonyl (C=O) groups excluding carboxylic acids is 1. The number of hydrogen-bond acceptors (Lipinski definition) is 4. The summed E-state index contributed by atoms with van der Waals surface area (Å²) in [6.07, 6.45) is 3.33. The van der Waals surface area contributed by atoms with Gasteiger partial charge in [-0.05, 0) is 30.5 Å². The molecule has 0 saturated carbocycles. The van der Waals surface area contributed by atoms with E-state index >= 15 is 0 Å². The van der Waals surface area contributed by atoms with Crippen LogP contribution in [0, 0.1) is 0 Å². The molecule has 0 aliphatic rings. The molecule has 0 heterocycles. The van der Waals surface area contributed by atoms with E-state index in [1.165, 1.54) is 6.42 Å². The van der Waals surface area contributed by atoms with Crippen LogP contribution in [0.1, 0.15) is 31.7 Å². The number of ether oxygens (including phenoxy) is 1. The summed E-state index contributed by atoms with van der Waals surface area (Å²) in [5, 5.41) is 0. The molecule has 124 valence electrons. The second kappa shape index (κ2) is 9.53. The third-order valence-corrected chi connectivity index (χ3v) is 3.90. The number of rotatable bonds is 9. The number of alkyl halides is 1. The van der Waals surface area contributed by atoms with E-state index in [4.69, 9.17) is 11.6 Å². The van der Waals surface area contributed by atoms with E-state index in [1.54, 1.807) is 16.9 Å². The summed E-state index contributed by atoms with van der Waals surface area (Å²) in [5.74, 6) is 0.0976. The van der Waals surface area contributed by atoms with Crippen molar-refractivity contribution in [3.63, 3.8) is 0 Å². The fourth-order valence-electron chi connectivity index (χ4n) is 1.77. The molecule has 6 nitrogen and oxygen atoms in total. The Morgan fingerprint density at radius 3 is 2.50 bits per heavy atom. The molecule has 0 aliphatic heterocycles. The molecule has 1 aromatic rings. The highest BCUT2D eigenvalue weighted by molar-refractivity contribution is 7.91. The number of benzene rings is 1. The fraction of sp³-hybridized carbons (Fsp3) is 0.500. The van der Waals surface area contributed by atoms with Crippen LogP contribution in [0.2, 0.25) is 0 Å². The molecule has 0 aliphatic carbocycles. The first-order valence-corrected chi connectivity index (χ1v) is 9.11. The summed E-state index contributed by atoms with van der Waals surface area (Å²) in [5.41, 5.74) is 1.52. The average molecular weight is 349 g/mol. The smallest absolute Gasteiger partial charge is 0.422 e. The maximum Gasteiger partial charge on any atom is 0.422 e. The Bertz CT molecular complexity index is 561. The van der Waals surface area contributed by atoms with Crippen LogP contribution in [-0.4, -0.2) is 27.0 Å². The summed E-state index contributed by atoms with van der Waals surface area (Å²) >= 11 is 5.34. The average Bonchev–Trinajstić information content (AvgIpc) is 2.46. The lowest BCUT2D eigenvalue weighted by Crippen LogP contribution is -2.36. The van der Waals surface area contributed by atoms with Crippen LogP contribution in [0.3, 0.4) is 0 Å². The molecular weight excluding hydrogens is 328 g/mol. The van der Waals surface area contributed by atoms with Gasteiger partial charge in [0.25, 0.3) is 0 Å². The Hall–Kier alpha value is -1.47. The van der Waals surface area contributed by atoms with Crippen molar-refractivity contribution >= 4 is 33.6 Å². The zero-order valence-corrected chi connectivity index (χ0v) is 14.0. The molecule has 0 aromatic heterocycles. The zero-order valence-electron chi connectivity index (χ0n) is 12.5. The largest absolute Gasteiger partial charge is 0.448 e. The van der Waals surface area contributed by atoms with Crippen LogP contribution in [0.25, 0.3) is 0 Å². The predicted octanol–water partition coefficient (Wildman–Crippen LogP) is 3.04. The van der Waals surface area contributed by atoms with E-state index in [0.29, 0.717) is 5.69 Å². The molecule has 0 bridgehead atoms. The molecule has 8 heteroatoms. The summed E-state index contributed by atoms with van der Waals surface area (Å²) in [6.45, 7) is 2.08. The van der Waals surface area contributed by atoms with Crippen molar-refractivity contribution in [2.45, 2.75) is 32.6 Å². The number of carbonyl (C=O) groups is 1. The molecule has 0 fully saturated rings. The number of nitrogens with one attached hydrogen (secondary N) is 2. The third-order valence-electron chi connectivity index (χ3n) is 2.80. The molecule has 1 amide bonds. The molecule has 1 aromatic carbocycles. The van der Waals surface area contributed by atoms with Gasteiger partial charge in [0.2, 0.25) is 0 Å². The zero-order chi connectivity index (χ0) is 16.4. The van der Waals surface area contributed by atoms with Gasteiger partial charge < -0.3 is 4.74 Å². The van der Waals surface area contributed by atoms with Crippen molar-refractivity contribution in [2.24, 2.45) is 0 Å². The minimum Gasteiger partial charge on any atom is -0.448 e. The fourth-order valence-corrected chi connectivity index (χ4v) is 2.62. The van der Waals surface area contributed by atoms with Gasteiger partial charge in [-0.3, -0.25) is 4.72 Å². The van der Waals surface area contributed by atoms with Crippen molar-refractivity contribution in [3.8, 4) is 0 Å². The van der Waals surface area contributed by atoms with Crippen LogP contribution >= 0.6 is 11.6 Å². The molecule has 1 rings (SSSR count). The molecular formula is C14H21ClN2O4S. The maximum atomic E-state index is 11.7. The number of anilines is 1. The number of hydrogen-bond donors (Lipinski definition) is 2. The van der Waals surface area contributed by atoms with Crippen molar-refractivity contribution in [2.75, 3.05) is 17.2 Å². The Morgan fingerprint density at radius 2 is 1.91 bits per heavy atom. The van der Waals surface area contributed by atoms with Gasteiger partial charge in [-0.25, -0.2) is 9.52 Å². The molecule has 22 heavy (non-hydrogen) atoms. The number of unbranched alkanes of at least 4 members (excludes halogenated alkanes) is 2. The molecule has 0 unspecified atom stereocenters. The Morgan fingerprint density at radius 1 is 1.23 bits per heavy atom. The summed E-state index contributed by atoms with van der Waals surface area (Å²) in [4.78, 5) is 11.2. The quantitative estimate of drug-likeness (QED) is 0.530. The second-order valence-electron chi connectivity index (χ2n) is 4.69. The van der Waals surface area contributed by atoms with Gasteiger partial charge in [0.1, 0.15) is 6.61 Å². The van der Waals surface area contributed by atoms with Crippen LogP contribution < -0.4 is 9.44 Å². The summed E-state index contributed by atoms with van der Waals surface area (Å²) in [6, 6.07) is 7.04. The maximum absolute atomic E-state index is 11.7. The highest BCUT2D eigenvalue weighted by Crippen LogP contribution is 2.13. The van der Waals surface area contributed by atoms with Crippen LogP contribution in [-0.2, 0) is 21.4 Å². The van der Waals surface area contributed by atoms with Gasteiger partial charge in [0.05, 0.1) is 11.6 Å². The van der Waals surface area contributed by atoms with Crippen molar-refractivity contribution < 1.29 is 17.9 Å². The lowest BCUT2D eigenvalue weighted by atomic mass is 10.1. The van der Waals surface area contributed by atoms with Crippen molar-refractivity contribution in [3.05, 3.63) is 29.8 Å². The first-order valence-electron chi connectivity index (χ1n) is 7.09. The minimum atomic E-state index is -4.02. The van der Waals surface area contributed by atoms with Gasteiger partial charge in [-0.15, -0.1) is 11.6 Å². The predicted molar refractivity (Wildman–Crippen MR) is 87.4 cm³/mol. The van der Waals surface area contributed by atoms with E-state index in [9.17, 15) is 13.2 Å². The Balaban J connectivity index is 2.52. The number of aryl methyl sites for hydroxylation is 1. The van der Waals surface area contributed by atoms with Crippen molar-refractivity contribution in [1.29, 1.82) is 0 Å². The normalized spacial score (nSPS) is 11.0. The van der Waals surface area contributed by atoms with E-state index < -0.39 is 16.3 Å². The van der Waals surface area contributed by atoms with E-state index in [0.717, 1.165) is 24.8 Å². The van der Waals surface area contributed by atoms with E-state index in [2.05, 4.69) is 16.4 Å². The van der Waals surface area contributed by atoms with Gasteiger partial charge in [0, 0.05) is 0 Å². The van der Waals surface area contributed by atoms with Gasteiger partial charge in [-0.1, -0.05) is 31.9 Å². The lowest BCUT2D eigenvalue weighted by molar-refractivity contribution is 0.159. The topological polar surface area (TPSA) is 84.5 Å². The van der Waals surface area contributed by atoms with Crippen molar-refractivity contribution in [1.82, 2.24) is 4.72 Å². The van der Waals surface area contributed by atoms with Crippen LogP contribution in [0.5, 0.6) is 0 Å². The molecule has 0 radical (unpaired) electrons. The first kappa shape index (κ1) is 18.6. The molecule has 2 N–H and O–H groups in total. The Labute approximate surface area is 136 Å². The van der Waals surface area contributed by atoms with Gasteiger partial charge in [-0.2, -0.15) is 8.42 Å². The van der Waals surface area contributed by atoms with Crippen LogP contribution in [0.4, 0.5) is 10.5 Å². The number of amides is 1. The third kappa shape index (κ3) is 7.51. The first-order chi connectivity index (χ1) is 10.5.